The van der Waals surface area contributed by atoms with Crippen molar-refractivity contribution in [2.75, 3.05) is 42.9 Å². The normalized spacial score (nSPS) is 16.4. The number of benzene rings is 1. The predicted octanol–water partition coefficient (Wildman–Crippen LogP) is 3.52. The third-order valence-corrected chi connectivity index (χ3v) is 5.85. The largest absolute Gasteiger partial charge is 0.417 e. The summed E-state index contributed by atoms with van der Waals surface area (Å²) in [5, 5.41) is 13.4. The van der Waals surface area contributed by atoms with Gasteiger partial charge in [0.2, 0.25) is 0 Å². The first-order valence-electron chi connectivity index (χ1n) is 11.0. The second-order valence-electron chi connectivity index (χ2n) is 8.33. The molecular weight excluding hydrogens is 456 g/mol. The van der Waals surface area contributed by atoms with Crippen LogP contribution in [0.1, 0.15) is 35.2 Å². The SMILES string of the molecule is O=C(NCCC1CC1)Nc1ccc(N2CCN(C(=O)c3c(F)cccc3C(F)(F)F)CC2)nn1. The molecule has 2 fully saturated rings. The van der Waals surface area contributed by atoms with Gasteiger partial charge < -0.3 is 15.1 Å². The lowest BCUT2D eigenvalue weighted by Gasteiger charge is -2.35. The Morgan fingerprint density at radius 3 is 2.38 bits per heavy atom. The summed E-state index contributed by atoms with van der Waals surface area (Å²) in [5.74, 6) is -0.709. The molecule has 182 valence electrons. The highest BCUT2D eigenvalue weighted by Crippen LogP contribution is 2.34. The zero-order valence-corrected chi connectivity index (χ0v) is 18.2. The Bertz CT molecular complexity index is 1030. The molecular formula is C22H24F4N6O2. The van der Waals surface area contributed by atoms with Crippen molar-refractivity contribution < 1.29 is 27.2 Å². The van der Waals surface area contributed by atoms with Crippen LogP contribution in [0.3, 0.4) is 0 Å². The van der Waals surface area contributed by atoms with Gasteiger partial charge in [-0.2, -0.15) is 13.2 Å². The van der Waals surface area contributed by atoms with Crippen LogP contribution in [-0.2, 0) is 6.18 Å². The first kappa shape index (κ1) is 23.7. The van der Waals surface area contributed by atoms with E-state index in [0.29, 0.717) is 24.3 Å². The van der Waals surface area contributed by atoms with Gasteiger partial charge in [0.1, 0.15) is 5.82 Å². The zero-order valence-electron chi connectivity index (χ0n) is 18.2. The molecule has 2 aromatic rings. The van der Waals surface area contributed by atoms with Crippen LogP contribution in [-0.4, -0.2) is 59.8 Å². The van der Waals surface area contributed by atoms with E-state index in [9.17, 15) is 27.2 Å². The average Bonchev–Trinajstić information content (AvgIpc) is 3.63. The first-order chi connectivity index (χ1) is 16.2. The van der Waals surface area contributed by atoms with Crippen LogP contribution in [0, 0.1) is 11.7 Å². The minimum absolute atomic E-state index is 0.0928. The maximum Gasteiger partial charge on any atom is 0.417 e. The molecule has 2 aliphatic rings. The summed E-state index contributed by atoms with van der Waals surface area (Å²) < 4.78 is 53.9. The van der Waals surface area contributed by atoms with E-state index in [0.717, 1.165) is 18.6 Å². The number of nitrogens with zero attached hydrogens (tertiary/aromatic N) is 4. The number of alkyl halides is 3. The van der Waals surface area contributed by atoms with E-state index in [1.54, 1.807) is 12.1 Å². The van der Waals surface area contributed by atoms with Crippen molar-refractivity contribution in [3.63, 3.8) is 0 Å². The van der Waals surface area contributed by atoms with Crippen molar-refractivity contribution in [2.24, 2.45) is 5.92 Å². The van der Waals surface area contributed by atoms with Gasteiger partial charge in [-0.1, -0.05) is 18.9 Å². The molecule has 0 unspecified atom stereocenters. The first-order valence-corrected chi connectivity index (χ1v) is 11.0. The fourth-order valence-electron chi connectivity index (χ4n) is 3.79. The molecule has 0 atom stereocenters. The quantitative estimate of drug-likeness (QED) is 0.618. The Labute approximate surface area is 193 Å². The van der Waals surface area contributed by atoms with Crippen LogP contribution in [0.4, 0.5) is 34.0 Å². The molecule has 4 rings (SSSR count). The lowest BCUT2D eigenvalue weighted by molar-refractivity contribution is -0.138. The van der Waals surface area contributed by atoms with Crippen LogP contribution < -0.4 is 15.5 Å². The van der Waals surface area contributed by atoms with E-state index in [1.807, 2.05) is 4.90 Å². The number of aromatic nitrogens is 2. The fraction of sp³-hybridized carbons (Fsp3) is 0.455. The number of carbonyl (C=O) groups is 2. The third kappa shape index (κ3) is 5.72. The molecule has 1 saturated carbocycles. The van der Waals surface area contributed by atoms with Crippen molar-refractivity contribution in [1.82, 2.24) is 20.4 Å². The Morgan fingerprint density at radius 1 is 1.03 bits per heavy atom. The summed E-state index contributed by atoms with van der Waals surface area (Å²) >= 11 is 0. The van der Waals surface area contributed by atoms with Crippen LogP contribution in [0.15, 0.2) is 30.3 Å². The Hall–Kier alpha value is -3.44. The standard InChI is InChI=1S/C22H24F4N6O2/c23-16-3-1-2-15(22(24,25)26)19(16)20(33)32-12-10-31(11-13-32)18-7-6-17(29-30-18)28-21(34)27-9-8-14-4-5-14/h1-3,6-7,14H,4-5,8-13H2,(H2,27,28,29,34). The van der Waals surface area contributed by atoms with Gasteiger partial charge in [-0.05, 0) is 36.6 Å². The van der Waals surface area contributed by atoms with Gasteiger partial charge in [0, 0.05) is 32.7 Å². The highest BCUT2D eigenvalue weighted by atomic mass is 19.4. The number of amides is 3. The molecule has 1 saturated heterocycles. The number of nitrogens with one attached hydrogen (secondary N) is 2. The Balaban J connectivity index is 1.31. The third-order valence-electron chi connectivity index (χ3n) is 5.85. The molecule has 12 heteroatoms. The minimum Gasteiger partial charge on any atom is -0.352 e. The summed E-state index contributed by atoms with van der Waals surface area (Å²) in [6.07, 6.45) is -1.44. The molecule has 0 radical (unpaired) electrons. The van der Waals surface area contributed by atoms with E-state index in [4.69, 9.17) is 0 Å². The molecule has 2 N–H and O–H groups in total. The number of anilines is 2. The van der Waals surface area contributed by atoms with E-state index >= 15 is 0 Å². The average molecular weight is 480 g/mol. The zero-order chi connectivity index (χ0) is 24.3. The van der Waals surface area contributed by atoms with E-state index in [2.05, 4.69) is 20.8 Å². The molecule has 2 heterocycles. The molecule has 0 spiro atoms. The molecule has 1 aromatic heterocycles. The van der Waals surface area contributed by atoms with Crippen LogP contribution >= 0.6 is 0 Å². The van der Waals surface area contributed by atoms with Gasteiger partial charge in [0.15, 0.2) is 11.6 Å². The summed E-state index contributed by atoms with van der Waals surface area (Å²) in [6, 6.07) is 5.36. The fourth-order valence-corrected chi connectivity index (χ4v) is 3.79. The summed E-state index contributed by atoms with van der Waals surface area (Å²) in [6.45, 7) is 1.35. The predicted molar refractivity (Wildman–Crippen MR) is 116 cm³/mol. The summed E-state index contributed by atoms with van der Waals surface area (Å²) in [7, 11) is 0. The van der Waals surface area contributed by atoms with Crippen molar-refractivity contribution in [3.8, 4) is 0 Å². The van der Waals surface area contributed by atoms with Crippen LogP contribution in [0.5, 0.6) is 0 Å². The number of halogens is 4. The highest BCUT2D eigenvalue weighted by molar-refractivity contribution is 5.96. The highest BCUT2D eigenvalue weighted by Gasteiger charge is 2.38. The van der Waals surface area contributed by atoms with E-state index in [1.165, 1.54) is 17.7 Å². The summed E-state index contributed by atoms with van der Waals surface area (Å²) in [5.41, 5.74) is -2.25. The molecule has 1 aliphatic heterocycles. The number of carbonyl (C=O) groups excluding carboxylic acids is 2. The number of rotatable bonds is 6. The smallest absolute Gasteiger partial charge is 0.352 e. The Kier molecular flexibility index (Phi) is 6.85. The van der Waals surface area contributed by atoms with Gasteiger partial charge in [0.05, 0.1) is 11.1 Å². The maximum absolute atomic E-state index is 14.2. The number of hydrogen-bond donors (Lipinski definition) is 2. The van der Waals surface area contributed by atoms with Gasteiger partial charge in [-0.15, -0.1) is 10.2 Å². The van der Waals surface area contributed by atoms with Crippen molar-refractivity contribution in [3.05, 3.63) is 47.3 Å². The second kappa shape index (κ2) is 9.82. The molecule has 0 bridgehead atoms. The monoisotopic (exact) mass is 480 g/mol. The molecule has 1 aliphatic carbocycles. The van der Waals surface area contributed by atoms with Gasteiger partial charge >= 0.3 is 12.2 Å². The van der Waals surface area contributed by atoms with Crippen molar-refractivity contribution in [1.29, 1.82) is 0 Å². The number of hydrogen-bond acceptors (Lipinski definition) is 5. The van der Waals surface area contributed by atoms with Crippen LogP contribution in [0.2, 0.25) is 0 Å². The van der Waals surface area contributed by atoms with Gasteiger partial charge in [0.25, 0.3) is 5.91 Å². The topological polar surface area (TPSA) is 90.5 Å². The van der Waals surface area contributed by atoms with E-state index in [-0.39, 0.29) is 38.0 Å². The van der Waals surface area contributed by atoms with Gasteiger partial charge in [-0.25, -0.2) is 9.18 Å². The number of piperazine rings is 1. The Morgan fingerprint density at radius 2 is 1.76 bits per heavy atom. The molecule has 8 nitrogen and oxygen atoms in total. The minimum atomic E-state index is -4.84. The molecule has 1 aromatic carbocycles. The maximum atomic E-state index is 14.2. The number of urea groups is 1. The lowest BCUT2D eigenvalue weighted by Crippen LogP contribution is -2.49. The molecule has 3 amide bonds. The molecule has 34 heavy (non-hydrogen) atoms. The lowest BCUT2D eigenvalue weighted by atomic mass is 10.0. The summed E-state index contributed by atoms with van der Waals surface area (Å²) in [4.78, 5) is 27.6. The van der Waals surface area contributed by atoms with E-state index < -0.39 is 29.0 Å². The second-order valence-corrected chi connectivity index (χ2v) is 8.33. The van der Waals surface area contributed by atoms with Crippen LogP contribution in [0.25, 0.3) is 0 Å². The van der Waals surface area contributed by atoms with Crippen molar-refractivity contribution >= 4 is 23.6 Å². The van der Waals surface area contributed by atoms with Gasteiger partial charge in [-0.3, -0.25) is 10.1 Å². The van der Waals surface area contributed by atoms with Crippen molar-refractivity contribution in [2.45, 2.75) is 25.4 Å².